The summed E-state index contributed by atoms with van der Waals surface area (Å²) in [7, 11) is 0. The number of amides is 2. The number of carbonyl (C=O) groups excluding carboxylic acids is 2. The summed E-state index contributed by atoms with van der Waals surface area (Å²) in [5.41, 5.74) is 1.80. The molecule has 5 nitrogen and oxygen atoms in total. The SMILES string of the molecule is CC(C)NC(=O)C(Cc1ccccc1)N(Cc1ccc(Cl)cc1)C(=O)COc1ccc(Cl)cc1Br. The standard InChI is InChI=1S/C27H27BrCl2N2O3/c1-18(2)31-27(34)24(14-19-6-4-3-5-7-19)32(16-20-8-10-21(29)11-9-20)26(33)17-35-25-13-12-22(30)15-23(25)28/h3-13,15,18,24H,14,16-17H2,1-2H3,(H,31,34). The van der Waals surface area contributed by atoms with Crippen LogP contribution >= 0.6 is 39.1 Å². The summed E-state index contributed by atoms with van der Waals surface area (Å²) < 4.78 is 6.44. The number of benzene rings is 3. The zero-order valence-corrected chi connectivity index (χ0v) is 22.6. The van der Waals surface area contributed by atoms with Crippen LogP contribution in [0.5, 0.6) is 5.75 Å². The van der Waals surface area contributed by atoms with Gasteiger partial charge in [-0.1, -0.05) is 65.7 Å². The third-order valence-electron chi connectivity index (χ3n) is 5.21. The molecule has 1 unspecified atom stereocenters. The van der Waals surface area contributed by atoms with Crippen molar-refractivity contribution in [1.82, 2.24) is 10.2 Å². The molecule has 8 heteroatoms. The molecule has 184 valence electrons. The average molecular weight is 578 g/mol. The first-order valence-electron chi connectivity index (χ1n) is 11.2. The van der Waals surface area contributed by atoms with E-state index in [2.05, 4.69) is 21.2 Å². The van der Waals surface area contributed by atoms with Gasteiger partial charge < -0.3 is 15.0 Å². The van der Waals surface area contributed by atoms with Crippen molar-refractivity contribution in [2.75, 3.05) is 6.61 Å². The Morgan fingerprint density at radius 1 is 0.943 bits per heavy atom. The highest BCUT2D eigenvalue weighted by atomic mass is 79.9. The second-order valence-electron chi connectivity index (χ2n) is 8.38. The fraction of sp³-hybridized carbons (Fsp3) is 0.259. The van der Waals surface area contributed by atoms with Crippen LogP contribution in [0.3, 0.4) is 0 Å². The van der Waals surface area contributed by atoms with E-state index in [1.54, 1.807) is 35.2 Å². The maximum atomic E-state index is 13.5. The second kappa shape index (κ2) is 13.0. The van der Waals surface area contributed by atoms with Crippen LogP contribution in [0.2, 0.25) is 10.0 Å². The Balaban J connectivity index is 1.91. The minimum atomic E-state index is -0.736. The Bertz CT molecular complexity index is 1140. The van der Waals surface area contributed by atoms with E-state index in [1.165, 1.54) is 0 Å². The smallest absolute Gasteiger partial charge is 0.261 e. The third-order valence-corrected chi connectivity index (χ3v) is 6.32. The first-order valence-corrected chi connectivity index (χ1v) is 12.7. The summed E-state index contributed by atoms with van der Waals surface area (Å²) in [5.74, 6) is -0.0547. The van der Waals surface area contributed by atoms with E-state index < -0.39 is 6.04 Å². The lowest BCUT2D eigenvalue weighted by atomic mass is 10.0. The van der Waals surface area contributed by atoms with Gasteiger partial charge in [-0.3, -0.25) is 9.59 Å². The van der Waals surface area contributed by atoms with Crippen molar-refractivity contribution in [3.05, 3.63) is 98.4 Å². The lowest BCUT2D eigenvalue weighted by Crippen LogP contribution is -2.52. The molecule has 0 aliphatic carbocycles. The van der Waals surface area contributed by atoms with Gasteiger partial charge in [0.1, 0.15) is 11.8 Å². The summed E-state index contributed by atoms with van der Waals surface area (Å²) in [6.07, 6.45) is 0.364. The molecule has 0 radical (unpaired) electrons. The average Bonchev–Trinajstić information content (AvgIpc) is 2.82. The Kier molecular flexibility index (Phi) is 10.0. The molecule has 0 aliphatic rings. The van der Waals surface area contributed by atoms with E-state index in [-0.39, 0.29) is 31.0 Å². The molecule has 0 aromatic heterocycles. The van der Waals surface area contributed by atoms with E-state index >= 15 is 0 Å². The van der Waals surface area contributed by atoms with Gasteiger partial charge in [0.15, 0.2) is 6.61 Å². The number of hydrogen-bond donors (Lipinski definition) is 1. The summed E-state index contributed by atoms with van der Waals surface area (Å²) in [6, 6.07) is 21.1. The zero-order valence-electron chi connectivity index (χ0n) is 19.5. The van der Waals surface area contributed by atoms with E-state index in [1.807, 2.05) is 56.3 Å². The van der Waals surface area contributed by atoms with E-state index in [0.29, 0.717) is 26.7 Å². The molecular weight excluding hydrogens is 551 g/mol. The van der Waals surface area contributed by atoms with Crippen LogP contribution in [-0.4, -0.2) is 35.4 Å². The summed E-state index contributed by atoms with van der Waals surface area (Å²) in [5, 5.41) is 4.11. The molecular formula is C27H27BrCl2N2O3. The highest BCUT2D eigenvalue weighted by Crippen LogP contribution is 2.28. The molecule has 35 heavy (non-hydrogen) atoms. The van der Waals surface area contributed by atoms with Gasteiger partial charge in [0, 0.05) is 29.1 Å². The van der Waals surface area contributed by atoms with Crippen LogP contribution in [0.15, 0.2) is 77.3 Å². The monoisotopic (exact) mass is 576 g/mol. The van der Waals surface area contributed by atoms with Crippen molar-refractivity contribution in [2.24, 2.45) is 0 Å². The lowest BCUT2D eigenvalue weighted by Gasteiger charge is -2.32. The fourth-order valence-electron chi connectivity index (χ4n) is 3.54. The van der Waals surface area contributed by atoms with E-state index in [9.17, 15) is 9.59 Å². The van der Waals surface area contributed by atoms with E-state index in [4.69, 9.17) is 27.9 Å². The van der Waals surface area contributed by atoms with Gasteiger partial charge in [-0.15, -0.1) is 0 Å². The maximum Gasteiger partial charge on any atom is 0.261 e. The lowest BCUT2D eigenvalue weighted by molar-refractivity contribution is -0.143. The molecule has 3 aromatic rings. The fourth-order valence-corrected chi connectivity index (χ4v) is 4.46. The Labute approximate surface area is 224 Å². The Morgan fingerprint density at radius 3 is 2.23 bits per heavy atom. The van der Waals surface area contributed by atoms with Crippen LogP contribution in [0.4, 0.5) is 0 Å². The van der Waals surface area contributed by atoms with Crippen molar-refractivity contribution >= 4 is 50.9 Å². The molecule has 0 bridgehead atoms. The molecule has 0 spiro atoms. The minimum absolute atomic E-state index is 0.0745. The summed E-state index contributed by atoms with van der Waals surface area (Å²) in [4.78, 5) is 28.4. The van der Waals surface area contributed by atoms with Crippen molar-refractivity contribution in [3.63, 3.8) is 0 Å². The summed E-state index contributed by atoms with van der Waals surface area (Å²) >= 11 is 15.5. The number of halogens is 3. The third kappa shape index (κ3) is 8.27. The van der Waals surface area contributed by atoms with Crippen molar-refractivity contribution in [1.29, 1.82) is 0 Å². The van der Waals surface area contributed by atoms with Gasteiger partial charge in [0.2, 0.25) is 5.91 Å². The number of nitrogens with one attached hydrogen (secondary N) is 1. The van der Waals surface area contributed by atoms with Gasteiger partial charge in [0.25, 0.3) is 5.91 Å². The highest BCUT2D eigenvalue weighted by molar-refractivity contribution is 9.10. The topological polar surface area (TPSA) is 58.6 Å². The number of rotatable bonds is 10. The zero-order chi connectivity index (χ0) is 25.4. The van der Waals surface area contributed by atoms with Crippen LogP contribution in [0.1, 0.15) is 25.0 Å². The molecule has 0 saturated heterocycles. The molecule has 0 fully saturated rings. The Hall–Kier alpha value is -2.54. The predicted octanol–water partition coefficient (Wildman–Crippen LogP) is 6.30. The number of carbonyl (C=O) groups is 2. The molecule has 0 aliphatic heterocycles. The second-order valence-corrected chi connectivity index (χ2v) is 10.1. The molecule has 1 atom stereocenters. The molecule has 0 heterocycles. The van der Waals surface area contributed by atoms with Crippen LogP contribution in [0, 0.1) is 0 Å². The van der Waals surface area contributed by atoms with Crippen molar-refractivity contribution in [2.45, 2.75) is 38.9 Å². The van der Waals surface area contributed by atoms with Gasteiger partial charge in [0.05, 0.1) is 4.47 Å². The molecule has 3 aromatic carbocycles. The number of ether oxygens (including phenoxy) is 1. The number of nitrogens with zero attached hydrogens (tertiary/aromatic N) is 1. The Morgan fingerprint density at radius 2 is 1.60 bits per heavy atom. The van der Waals surface area contributed by atoms with Gasteiger partial charge in [-0.2, -0.15) is 0 Å². The molecule has 0 saturated carbocycles. The highest BCUT2D eigenvalue weighted by Gasteiger charge is 2.31. The quantitative estimate of drug-likeness (QED) is 0.308. The van der Waals surface area contributed by atoms with Gasteiger partial charge in [-0.05, 0) is 71.2 Å². The number of hydrogen-bond acceptors (Lipinski definition) is 3. The van der Waals surface area contributed by atoms with Gasteiger partial charge in [-0.25, -0.2) is 0 Å². The van der Waals surface area contributed by atoms with Gasteiger partial charge >= 0.3 is 0 Å². The van der Waals surface area contributed by atoms with E-state index in [0.717, 1.165) is 11.1 Å². The van der Waals surface area contributed by atoms with Crippen molar-refractivity contribution < 1.29 is 14.3 Å². The minimum Gasteiger partial charge on any atom is -0.483 e. The predicted molar refractivity (Wildman–Crippen MR) is 144 cm³/mol. The molecule has 2 amide bonds. The summed E-state index contributed by atoms with van der Waals surface area (Å²) in [6.45, 7) is 3.77. The molecule has 1 N–H and O–H groups in total. The van der Waals surface area contributed by atoms with Crippen molar-refractivity contribution in [3.8, 4) is 5.75 Å². The van der Waals surface area contributed by atoms with Crippen LogP contribution < -0.4 is 10.1 Å². The normalized spacial score (nSPS) is 11.7. The molecule has 3 rings (SSSR count). The largest absolute Gasteiger partial charge is 0.483 e. The van der Waals surface area contributed by atoms with Crippen LogP contribution in [0.25, 0.3) is 0 Å². The first-order chi connectivity index (χ1) is 16.7. The first kappa shape index (κ1) is 27.1. The van der Waals surface area contributed by atoms with Crippen LogP contribution in [-0.2, 0) is 22.6 Å². The maximum absolute atomic E-state index is 13.5.